The van der Waals surface area contributed by atoms with Crippen molar-refractivity contribution in [3.05, 3.63) is 24.3 Å². The van der Waals surface area contributed by atoms with Crippen LogP contribution in [-0.2, 0) is 4.74 Å². The number of amides is 1. The zero-order chi connectivity index (χ0) is 13.7. The van der Waals surface area contributed by atoms with Gasteiger partial charge in [0.2, 0.25) is 0 Å². The Balaban J connectivity index is 2.20. The molecule has 0 saturated heterocycles. The summed E-state index contributed by atoms with van der Waals surface area (Å²) in [4.78, 5) is 11.4. The standard InChI is InChI=1S/C12H13N3O3S/c1-3-18-12(16)13-11-10(14-19-15-11)8-4-6-9(17-2)7-5-8/h4-7H,3H2,1-2H3,(H,13,15,16). The van der Waals surface area contributed by atoms with Crippen molar-refractivity contribution >= 4 is 23.6 Å². The predicted molar refractivity (Wildman–Crippen MR) is 72.5 cm³/mol. The molecule has 7 heteroatoms. The van der Waals surface area contributed by atoms with Crippen LogP contribution in [0.3, 0.4) is 0 Å². The van der Waals surface area contributed by atoms with Gasteiger partial charge in [0.15, 0.2) is 5.82 Å². The first-order chi connectivity index (χ1) is 9.24. The Bertz CT molecular complexity index is 554. The van der Waals surface area contributed by atoms with Crippen LogP contribution in [0, 0.1) is 0 Å². The molecule has 0 saturated carbocycles. The van der Waals surface area contributed by atoms with E-state index in [2.05, 4.69) is 14.1 Å². The van der Waals surface area contributed by atoms with Crippen molar-refractivity contribution in [1.82, 2.24) is 8.75 Å². The summed E-state index contributed by atoms with van der Waals surface area (Å²) in [6.45, 7) is 2.05. The summed E-state index contributed by atoms with van der Waals surface area (Å²) in [6, 6.07) is 7.35. The normalized spacial score (nSPS) is 10.0. The van der Waals surface area contributed by atoms with E-state index in [4.69, 9.17) is 9.47 Å². The van der Waals surface area contributed by atoms with Crippen LogP contribution in [-0.4, -0.2) is 28.6 Å². The van der Waals surface area contributed by atoms with Crippen LogP contribution in [0.5, 0.6) is 5.75 Å². The highest BCUT2D eigenvalue weighted by Gasteiger charge is 2.13. The van der Waals surface area contributed by atoms with Gasteiger partial charge in [-0.2, -0.15) is 8.75 Å². The average molecular weight is 279 g/mol. The third-order valence-electron chi connectivity index (χ3n) is 2.35. The van der Waals surface area contributed by atoms with Gasteiger partial charge in [-0.15, -0.1) is 0 Å². The molecule has 1 N–H and O–H groups in total. The second-order valence-electron chi connectivity index (χ2n) is 3.54. The number of ether oxygens (including phenoxy) is 2. The number of carbonyl (C=O) groups is 1. The monoisotopic (exact) mass is 279 g/mol. The zero-order valence-electron chi connectivity index (χ0n) is 10.5. The summed E-state index contributed by atoms with van der Waals surface area (Å²) >= 11 is 1.03. The second-order valence-corrected chi connectivity index (χ2v) is 4.06. The fourth-order valence-electron chi connectivity index (χ4n) is 1.47. The molecule has 0 aliphatic carbocycles. The number of nitrogens with one attached hydrogen (secondary N) is 1. The number of nitrogens with zero attached hydrogens (tertiary/aromatic N) is 2. The quantitative estimate of drug-likeness (QED) is 0.931. The molecule has 0 unspecified atom stereocenters. The van der Waals surface area contributed by atoms with Crippen LogP contribution in [0.2, 0.25) is 0 Å². The summed E-state index contributed by atoms with van der Waals surface area (Å²) in [7, 11) is 1.60. The number of rotatable bonds is 4. The Morgan fingerprint density at radius 3 is 2.68 bits per heavy atom. The van der Waals surface area contributed by atoms with Crippen LogP contribution in [0.25, 0.3) is 11.3 Å². The molecule has 2 aromatic rings. The van der Waals surface area contributed by atoms with E-state index in [1.165, 1.54) is 0 Å². The number of hydrogen-bond acceptors (Lipinski definition) is 6. The first-order valence-corrected chi connectivity index (χ1v) is 6.38. The van der Waals surface area contributed by atoms with E-state index in [1.807, 2.05) is 24.3 Å². The van der Waals surface area contributed by atoms with Crippen LogP contribution in [0.15, 0.2) is 24.3 Å². The molecule has 6 nitrogen and oxygen atoms in total. The number of methoxy groups -OCH3 is 1. The topological polar surface area (TPSA) is 73.3 Å². The highest BCUT2D eigenvalue weighted by molar-refractivity contribution is 6.99. The number of benzene rings is 1. The third-order valence-corrected chi connectivity index (χ3v) is 2.88. The molecule has 0 atom stereocenters. The summed E-state index contributed by atoms with van der Waals surface area (Å²) in [5.74, 6) is 1.15. The largest absolute Gasteiger partial charge is 0.497 e. The van der Waals surface area contributed by atoms with Gasteiger partial charge >= 0.3 is 6.09 Å². The molecule has 0 spiro atoms. The van der Waals surface area contributed by atoms with Gasteiger partial charge in [-0.25, -0.2) is 4.79 Å². The van der Waals surface area contributed by atoms with E-state index in [9.17, 15) is 4.79 Å². The van der Waals surface area contributed by atoms with Crippen LogP contribution in [0.1, 0.15) is 6.92 Å². The van der Waals surface area contributed by atoms with Gasteiger partial charge in [0.25, 0.3) is 0 Å². The van der Waals surface area contributed by atoms with E-state index in [0.717, 1.165) is 23.0 Å². The van der Waals surface area contributed by atoms with Gasteiger partial charge in [-0.1, -0.05) is 0 Å². The van der Waals surface area contributed by atoms with Gasteiger partial charge in [0, 0.05) is 5.56 Å². The van der Waals surface area contributed by atoms with Crippen molar-refractivity contribution in [3.63, 3.8) is 0 Å². The van der Waals surface area contributed by atoms with E-state index in [-0.39, 0.29) is 0 Å². The highest BCUT2D eigenvalue weighted by atomic mass is 32.1. The third kappa shape index (κ3) is 3.19. The Kier molecular flexibility index (Phi) is 4.30. The molecule has 0 radical (unpaired) electrons. The maximum Gasteiger partial charge on any atom is 0.412 e. The van der Waals surface area contributed by atoms with Gasteiger partial charge < -0.3 is 9.47 Å². The maximum absolute atomic E-state index is 11.4. The lowest BCUT2D eigenvalue weighted by atomic mass is 10.1. The Hall–Kier alpha value is -2.15. The molecule has 1 aromatic heterocycles. The lowest BCUT2D eigenvalue weighted by molar-refractivity contribution is 0.168. The molecule has 100 valence electrons. The van der Waals surface area contributed by atoms with Gasteiger partial charge in [-0.3, -0.25) is 5.32 Å². The van der Waals surface area contributed by atoms with Crippen LogP contribution < -0.4 is 10.1 Å². The number of carbonyl (C=O) groups excluding carboxylic acids is 1. The van der Waals surface area contributed by atoms with Crippen molar-refractivity contribution in [1.29, 1.82) is 0 Å². The zero-order valence-corrected chi connectivity index (χ0v) is 11.4. The molecule has 0 aliphatic rings. The molecule has 1 aromatic carbocycles. The lowest BCUT2D eigenvalue weighted by Gasteiger charge is -2.05. The minimum atomic E-state index is -0.537. The molecule has 1 amide bonds. The molecular formula is C12H13N3O3S. The summed E-state index contributed by atoms with van der Waals surface area (Å²) in [6.07, 6.45) is -0.537. The number of aromatic nitrogens is 2. The van der Waals surface area contributed by atoms with Crippen molar-refractivity contribution < 1.29 is 14.3 Å². The lowest BCUT2D eigenvalue weighted by Crippen LogP contribution is -2.14. The molecule has 0 aliphatic heterocycles. The van der Waals surface area contributed by atoms with Crippen molar-refractivity contribution in [2.24, 2.45) is 0 Å². The van der Waals surface area contributed by atoms with Gasteiger partial charge in [0.05, 0.1) is 25.4 Å². The van der Waals surface area contributed by atoms with E-state index in [1.54, 1.807) is 14.0 Å². The summed E-state index contributed by atoms with van der Waals surface area (Å²) < 4.78 is 18.1. The first-order valence-electron chi connectivity index (χ1n) is 5.65. The Labute approximate surface area is 114 Å². The first kappa shape index (κ1) is 13.3. The van der Waals surface area contributed by atoms with E-state index in [0.29, 0.717) is 18.1 Å². The van der Waals surface area contributed by atoms with E-state index >= 15 is 0 Å². The average Bonchev–Trinajstić information content (AvgIpc) is 2.87. The second kappa shape index (κ2) is 6.14. The fourth-order valence-corrected chi connectivity index (χ4v) is 2.00. The molecule has 0 bridgehead atoms. The predicted octanol–water partition coefficient (Wildman–Crippen LogP) is 2.78. The molecule has 1 heterocycles. The van der Waals surface area contributed by atoms with Gasteiger partial charge in [-0.05, 0) is 31.2 Å². The van der Waals surface area contributed by atoms with Crippen molar-refractivity contribution in [2.75, 3.05) is 19.0 Å². The smallest absolute Gasteiger partial charge is 0.412 e. The fraction of sp³-hybridized carbons (Fsp3) is 0.250. The van der Waals surface area contributed by atoms with Crippen molar-refractivity contribution in [3.8, 4) is 17.0 Å². The highest BCUT2D eigenvalue weighted by Crippen LogP contribution is 2.27. The van der Waals surface area contributed by atoms with E-state index < -0.39 is 6.09 Å². The van der Waals surface area contributed by atoms with Crippen LogP contribution >= 0.6 is 11.7 Å². The molecular weight excluding hydrogens is 266 g/mol. The SMILES string of the molecule is CCOC(=O)Nc1nsnc1-c1ccc(OC)cc1. The maximum atomic E-state index is 11.4. The minimum Gasteiger partial charge on any atom is -0.497 e. The summed E-state index contributed by atoms with van der Waals surface area (Å²) in [5.41, 5.74) is 1.46. The number of hydrogen-bond donors (Lipinski definition) is 1. The van der Waals surface area contributed by atoms with Crippen molar-refractivity contribution in [2.45, 2.75) is 6.92 Å². The Morgan fingerprint density at radius 2 is 2.05 bits per heavy atom. The number of anilines is 1. The Morgan fingerprint density at radius 1 is 1.32 bits per heavy atom. The molecule has 19 heavy (non-hydrogen) atoms. The molecule has 0 fully saturated rings. The van der Waals surface area contributed by atoms with Crippen LogP contribution in [0.4, 0.5) is 10.6 Å². The summed E-state index contributed by atoms with van der Waals surface area (Å²) in [5, 5.41) is 2.56. The minimum absolute atomic E-state index is 0.307. The van der Waals surface area contributed by atoms with Gasteiger partial charge in [0.1, 0.15) is 11.4 Å². The molecule has 2 rings (SSSR count).